The molecule has 0 heterocycles. The Labute approximate surface area is 124 Å². The summed E-state index contributed by atoms with van der Waals surface area (Å²) in [6.45, 7) is 1.81. The van der Waals surface area contributed by atoms with Gasteiger partial charge in [-0.2, -0.15) is 0 Å². The summed E-state index contributed by atoms with van der Waals surface area (Å²) >= 11 is 2.94. The van der Waals surface area contributed by atoms with Gasteiger partial charge in [-0.05, 0) is 6.42 Å². The van der Waals surface area contributed by atoms with E-state index in [-0.39, 0.29) is 81.6 Å². The van der Waals surface area contributed by atoms with Crippen LogP contribution in [0.5, 0.6) is 0 Å². The molecule has 0 aromatic rings. The van der Waals surface area contributed by atoms with Crippen molar-refractivity contribution < 1.29 is 62.7 Å². The number of rotatable bonds is 2. The van der Waals surface area contributed by atoms with Crippen LogP contribution in [0.25, 0.3) is 0 Å². The summed E-state index contributed by atoms with van der Waals surface area (Å²) in [5.74, 6) is -0.789. The molecule has 0 saturated carbocycles. The van der Waals surface area contributed by atoms with E-state index in [1.165, 1.54) is 0 Å². The molecule has 0 fully saturated rings. The van der Waals surface area contributed by atoms with Crippen molar-refractivity contribution in [3.63, 3.8) is 0 Å². The Morgan fingerprint density at radius 3 is 2.22 bits per heavy atom. The molecule has 0 radical (unpaired) electrons. The maximum atomic E-state index is 9.88. The van der Waals surface area contributed by atoms with Gasteiger partial charge >= 0.3 is 57.4 Å². The summed E-state index contributed by atoms with van der Waals surface area (Å²) in [4.78, 5) is 9.52. The molecule has 9 heavy (non-hydrogen) atoms. The molecule has 0 bridgehead atoms. The predicted molar refractivity (Wildman–Crippen MR) is 47.2 cm³/mol. The molecule has 0 aromatic heterocycles. The molecule has 0 aliphatic rings. The zero-order chi connectivity index (χ0) is 5.86. The van der Waals surface area contributed by atoms with E-state index in [2.05, 4.69) is 15.9 Å². The van der Waals surface area contributed by atoms with Gasteiger partial charge in [-0.1, -0.05) is 22.9 Å². The van der Waals surface area contributed by atoms with Gasteiger partial charge in [0.1, 0.15) is 4.83 Å². The Morgan fingerprint density at radius 1 is 1.89 bits per heavy atom. The summed E-state index contributed by atoms with van der Waals surface area (Å²) < 4.78 is 0. The van der Waals surface area contributed by atoms with Gasteiger partial charge in [0.05, 0.1) is 0 Å². The summed E-state index contributed by atoms with van der Waals surface area (Å²) in [5, 5.41) is 8.14. The topological polar surface area (TPSA) is 37.3 Å². The van der Waals surface area contributed by atoms with Gasteiger partial charge in [0.2, 0.25) is 0 Å². The van der Waals surface area contributed by atoms with Crippen LogP contribution in [0, 0.1) is 0 Å². The Bertz CT molecular complexity index is 85.7. The normalized spacial score (nSPS) is 10.4. The molecular formula is C4H9BrIKO2. The monoisotopic (exact) mass is 334 g/mol. The van der Waals surface area contributed by atoms with Crippen LogP contribution < -0.4 is 51.4 Å². The minimum atomic E-state index is -0.789. The SMILES string of the molecule is CCC(Br)C(=O)O.I.[H-].[K+]. The van der Waals surface area contributed by atoms with E-state index in [0.717, 1.165) is 0 Å². The zero-order valence-electron chi connectivity index (χ0n) is 6.43. The second-order valence-corrected chi connectivity index (χ2v) is 2.32. The van der Waals surface area contributed by atoms with Crippen molar-refractivity contribution in [3.05, 3.63) is 0 Å². The van der Waals surface area contributed by atoms with Crippen LogP contribution in [0.15, 0.2) is 0 Å². The average Bonchev–Trinajstić information content (AvgIpc) is 1.65. The molecule has 5 heteroatoms. The quantitative estimate of drug-likeness (QED) is 0.399. The van der Waals surface area contributed by atoms with Crippen LogP contribution in [-0.2, 0) is 4.79 Å². The molecule has 0 rings (SSSR count). The molecule has 1 N–H and O–H groups in total. The van der Waals surface area contributed by atoms with Crippen LogP contribution in [0.4, 0.5) is 0 Å². The van der Waals surface area contributed by atoms with Gasteiger partial charge in [-0.25, -0.2) is 0 Å². The minimum absolute atomic E-state index is 0. The maximum Gasteiger partial charge on any atom is 1.00 e. The minimum Gasteiger partial charge on any atom is -1.00 e. The molecule has 0 saturated heterocycles. The smallest absolute Gasteiger partial charge is 1.00 e. The Morgan fingerprint density at radius 2 is 2.22 bits per heavy atom. The first-order chi connectivity index (χ1) is 3.18. The molecule has 52 valence electrons. The van der Waals surface area contributed by atoms with Crippen LogP contribution in [0.3, 0.4) is 0 Å². The molecular weight excluding hydrogens is 326 g/mol. The maximum absolute atomic E-state index is 9.88. The molecule has 0 aromatic carbocycles. The molecule has 1 unspecified atom stereocenters. The number of hydrogen-bond acceptors (Lipinski definition) is 1. The van der Waals surface area contributed by atoms with E-state index < -0.39 is 5.97 Å². The summed E-state index contributed by atoms with van der Waals surface area (Å²) in [6.07, 6.45) is 0.634. The molecule has 0 spiro atoms. The molecule has 0 amide bonds. The van der Waals surface area contributed by atoms with Gasteiger partial charge in [0.15, 0.2) is 0 Å². The van der Waals surface area contributed by atoms with Crippen LogP contribution >= 0.6 is 39.9 Å². The molecule has 0 aliphatic heterocycles. The Balaban J connectivity index is -0.0000000600. The van der Waals surface area contributed by atoms with Gasteiger partial charge in [0, 0.05) is 0 Å². The zero-order valence-corrected chi connectivity index (χ0v) is 12.5. The molecule has 0 aliphatic carbocycles. The van der Waals surface area contributed by atoms with Crippen LogP contribution in [0.2, 0.25) is 0 Å². The van der Waals surface area contributed by atoms with Crippen molar-refractivity contribution >= 4 is 45.9 Å². The van der Waals surface area contributed by atoms with Gasteiger partial charge in [-0.3, -0.25) is 4.79 Å². The number of carboxylic acids is 1. The number of aliphatic carboxylic acids is 1. The van der Waals surface area contributed by atoms with Crippen molar-refractivity contribution in [2.45, 2.75) is 18.2 Å². The standard InChI is InChI=1S/C4H7BrO2.HI.K.H/c1-2-3(5)4(6)7;;;/h3H,2H2,1H3,(H,6,7);1H;;/q;;+1;-1. The van der Waals surface area contributed by atoms with Gasteiger partial charge in [0.25, 0.3) is 0 Å². The van der Waals surface area contributed by atoms with E-state index in [9.17, 15) is 4.79 Å². The first-order valence-electron chi connectivity index (χ1n) is 2.05. The van der Waals surface area contributed by atoms with Gasteiger partial charge in [-0.15, -0.1) is 24.0 Å². The van der Waals surface area contributed by atoms with E-state index >= 15 is 0 Å². The second kappa shape index (κ2) is 10.3. The Hall–Kier alpha value is 2.32. The summed E-state index contributed by atoms with van der Waals surface area (Å²) in [6, 6.07) is 0. The summed E-state index contributed by atoms with van der Waals surface area (Å²) in [7, 11) is 0. The molecule has 2 nitrogen and oxygen atoms in total. The third-order valence-electron chi connectivity index (χ3n) is 0.626. The number of carboxylic acid groups (broad SMARTS) is 1. The number of hydrogen-bond donors (Lipinski definition) is 1. The third-order valence-corrected chi connectivity index (χ3v) is 1.67. The van der Waals surface area contributed by atoms with Crippen molar-refractivity contribution in [3.8, 4) is 0 Å². The fourth-order valence-corrected chi connectivity index (χ4v) is 0.175. The van der Waals surface area contributed by atoms with Crippen LogP contribution in [-0.4, -0.2) is 15.9 Å². The number of halogens is 2. The van der Waals surface area contributed by atoms with Crippen molar-refractivity contribution in [1.29, 1.82) is 0 Å². The Kier molecular flexibility index (Phi) is 20.0. The summed E-state index contributed by atoms with van der Waals surface area (Å²) in [5.41, 5.74) is 0. The van der Waals surface area contributed by atoms with E-state index in [0.29, 0.717) is 6.42 Å². The largest absolute Gasteiger partial charge is 1.00 e. The van der Waals surface area contributed by atoms with Crippen molar-refractivity contribution in [2.75, 3.05) is 0 Å². The number of carbonyl (C=O) groups is 1. The third kappa shape index (κ3) is 10.3. The second-order valence-electron chi connectivity index (χ2n) is 1.21. The van der Waals surface area contributed by atoms with E-state index in [4.69, 9.17) is 5.11 Å². The van der Waals surface area contributed by atoms with Crippen molar-refractivity contribution in [1.82, 2.24) is 0 Å². The van der Waals surface area contributed by atoms with E-state index in [1.807, 2.05) is 6.92 Å². The van der Waals surface area contributed by atoms with E-state index in [1.54, 1.807) is 0 Å². The average molecular weight is 335 g/mol. The predicted octanol–water partition coefficient (Wildman–Crippen LogP) is -1.02. The first kappa shape index (κ1) is 17.4. The van der Waals surface area contributed by atoms with Crippen molar-refractivity contribution in [2.24, 2.45) is 0 Å². The fraction of sp³-hybridized carbons (Fsp3) is 0.750. The van der Waals surface area contributed by atoms with Crippen LogP contribution in [0.1, 0.15) is 14.8 Å². The fourth-order valence-electron chi connectivity index (χ4n) is 0.175. The first-order valence-corrected chi connectivity index (χ1v) is 2.97. The van der Waals surface area contributed by atoms with Gasteiger partial charge < -0.3 is 6.53 Å². The molecule has 1 atom stereocenters. The number of alkyl halides is 1.